The fourth-order valence-electron chi connectivity index (χ4n) is 2.05. The van der Waals surface area contributed by atoms with Crippen molar-refractivity contribution in [2.75, 3.05) is 0 Å². The Hall–Kier alpha value is -1.13. The molecule has 96 valence electrons. The lowest BCUT2D eigenvalue weighted by Crippen LogP contribution is -2.14. The Balaban J connectivity index is 2.21. The molecule has 1 unspecified atom stereocenters. The maximum atomic E-state index is 13.7. The molecule has 1 atom stereocenters. The van der Waals surface area contributed by atoms with Crippen LogP contribution < -0.4 is 5.73 Å². The van der Waals surface area contributed by atoms with Crippen molar-refractivity contribution in [3.63, 3.8) is 0 Å². The van der Waals surface area contributed by atoms with E-state index < -0.39 is 0 Å². The molecule has 0 bridgehead atoms. The van der Waals surface area contributed by atoms with Crippen LogP contribution in [0.5, 0.6) is 0 Å². The van der Waals surface area contributed by atoms with Gasteiger partial charge in [-0.05, 0) is 44.0 Å². The summed E-state index contributed by atoms with van der Waals surface area (Å²) in [6.07, 6.45) is 0.457. The molecule has 4 heteroatoms. The van der Waals surface area contributed by atoms with Crippen molar-refractivity contribution >= 4 is 15.9 Å². The minimum atomic E-state index is -0.252. The normalized spacial score (nSPS) is 12.7. The molecule has 1 heterocycles. The summed E-state index contributed by atoms with van der Waals surface area (Å²) < 4.78 is 19.9. The van der Waals surface area contributed by atoms with Crippen LogP contribution in [-0.4, -0.2) is 0 Å². The van der Waals surface area contributed by atoms with Crippen molar-refractivity contribution in [2.24, 2.45) is 5.73 Å². The zero-order valence-electron chi connectivity index (χ0n) is 10.3. The summed E-state index contributed by atoms with van der Waals surface area (Å²) in [5.74, 6) is 1.39. The molecule has 2 rings (SSSR count). The van der Waals surface area contributed by atoms with Gasteiger partial charge in [0.1, 0.15) is 17.3 Å². The molecule has 0 aliphatic rings. The summed E-state index contributed by atoms with van der Waals surface area (Å²) in [5, 5.41) is 0. The van der Waals surface area contributed by atoms with Gasteiger partial charge in [0.25, 0.3) is 0 Å². The van der Waals surface area contributed by atoms with Gasteiger partial charge in [-0.1, -0.05) is 22.0 Å². The van der Waals surface area contributed by atoms with Crippen LogP contribution in [0.4, 0.5) is 4.39 Å². The maximum absolute atomic E-state index is 13.7. The van der Waals surface area contributed by atoms with E-state index in [-0.39, 0.29) is 11.9 Å². The first-order chi connectivity index (χ1) is 8.47. The Bertz CT molecular complexity index is 565. The van der Waals surface area contributed by atoms with Gasteiger partial charge >= 0.3 is 0 Å². The van der Waals surface area contributed by atoms with Gasteiger partial charge in [-0.2, -0.15) is 0 Å². The van der Waals surface area contributed by atoms with Crippen LogP contribution in [0.3, 0.4) is 0 Å². The summed E-state index contributed by atoms with van der Waals surface area (Å²) in [4.78, 5) is 0. The predicted molar refractivity (Wildman–Crippen MR) is 72.9 cm³/mol. The van der Waals surface area contributed by atoms with Gasteiger partial charge in [0.15, 0.2) is 0 Å². The fourth-order valence-corrected chi connectivity index (χ4v) is 2.39. The number of halogens is 2. The molecule has 0 fully saturated rings. The lowest BCUT2D eigenvalue weighted by Gasteiger charge is -2.11. The van der Waals surface area contributed by atoms with Crippen molar-refractivity contribution in [3.05, 3.63) is 57.2 Å². The minimum absolute atomic E-state index is 0.238. The highest BCUT2D eigenvalue weighted by Gasteiger charge is 2.15. The predicted octanol–water partition coefficient (Wildman–Crippen LogP) is 4.04. The molecular weight excluding hydrogens is 297 g/mol. The minimum Gasteiger partial charge on any atom is -0.466 e. The Kier molecular flexibility index (Phi) is 3.88. The van der Waals surface area contributed by atoms with Gasteiger partial charge < -0.3 is 10.2 Å². The van der Waals surface area contributed by atoms with Crippen LogP contribution in [0.25, 0.3) is 0 Å². The summed E-state index contributed by atoms with van der Waals surface area (Å²) in [6.45, 7) is 3.75. The molecule has 18 heavy (non-hydrogen) atoms. The summed E-state index contributed by atoms with van der Waals surface area (Å²) in [7, 11) is 0. The monoisotopic (exact) mass is 311 g/mol. The average molecular weight is 312 g/mol. The van der Waals surface area contributed by atoms with E-state index in [1.807, 2.05) is 26.0 Å². The third-order valence-corrected chi connectivity index (χ3v) is 3.43. The van der Waals surface area contributed by atoms with Gasteiger partial charge in [0.05, 0.1) is 0 Å². The number of aryl methyl sites for hydroxylation is 2. The maximum Gasteiger partial charge on any atom is 0.127 e. The van der Waals surface area contributed by atoms with Crippen molar-refractivity contribution in [3.8, 4) is 0 Å². The van der Waals surface area contributed by atoms with Crippen LogP contribution in [0.15, 0.2) is 33.2 Å². The lowest BCUT2D eigenvalue weighted by atomic mass is 9.99. The molecule has 0 aliphatic carbocycles. The zero-order chi connectivity index (χ0) is 13.3. The molecule has 2 N–H and O–H groups in total. The van der Waals surface area contributed by atoms with Crippen LogP contribution in [0, 0.1) is 19.7 Å². The SMILES string of the molecule is Cc1cc(C(N)Cc2ccc(Br)cc2F)c(C)o1. The molecule has 0 radical (unpaired) electrons. The second-order valence-electron chi connectivity index (χ2n) is 4.41. The number of hydrogen-bond acceptors (Lipinski definition) is 2. The first-order valence-corrected chi connectivity index (χ1v) is 6.53. The zero-order valence-corrected chi connectivity index (χ0v) is 11.9. The smallest absolute Gasteiger partial charge is 0.127 e. The first-order valence-electron chi connectivity index (χ1n) is 5.74. The molecule has 1 aromatic heterocycles. The number of benzene rings is 1. The van der Waals surface area contributed by atoms with E-state index in [0.717, 1.165) is 21.6 Å². The van der Waals surface area contributed by atoms with Gasteiger partial charge in [-0.3, -0.25) is 0 Å². The van der Waals surface area contributed by atoms with Crippen LogP contribution in [-0.2, 0) is 6.42 Å². The van der Waals surface area contributed by atoms with Crippen LogP contribution >= 0.6 is 15.9 Å². The molecule has 2 aromatic rings. The number of rotatable bonds is 3. The van der Waals surface area contributed by atoms with Crippen LogP contribution in [0.2, 0.25) is 0 Å². The first kappa shape index (κ1) is 13.3. The summed E-state index contributed by atoms with van der Waals surface area (Å²) >= 11 is 3.24. The van der Waals surface area contributed by atoms with Crippen molar-refractivity contribution in [1.82, 2.24) is 0 Å². The van der Waals surface area contributed by atoms with E-state index >= 15 is 0 Å². The molecule has 0 aliphatic heterocycles. The Morgan fingerprint density at radius 2 is 2.06 bits per heavy atom. The Labute approximate surface area is 114 Å². The van der Waals surface area contributed by atoms with E-state index in [1.54, 1.807) is 6.07 Å². The van der Waals surface area contributed by atoms with E-state index in [4.69, 9.17) is 10.2 Å². The standard InChI is InChI=1S/C14H15BrFNO/c1-8-5-12(9(2)18-8)14(17)6-10-3-4-11(15)7-13(10)16/h3-5,7,14H,6,17H2,1-2H3. The van der Waals surface area contributed by atoms with E-state index in [9.17, 15) is 4.39 Å². The molecular formula is C14H15BrFNO. The fraction of sp³-hybridized carbons (Fsp3) is 0.286. The summed E-state index contributed by atoms with van der Waals surface area (Å²) in [5.41, 5.74) is 7.66. The quantitative estimate of drug-likeness (QED) is 0.929. The molecule has 1 aromatic carbocycles. The Morgan fingerprint density at radius 1 is 1.33 bits per heavy atom. The topological polar surface area (TPSA) is 39.2 Å². The van der Waals surface area contributed by atoms with E-state index in [0.29, 0.717) is 12.0 Å². The van der Waals surface area contributed by atoms with Crippen LogP contribution in [0.1, 0.15) is 28.7 Å². The number of hydrogen-bond donors (Lipinski definition) is 1. The van der Waals surface area contributed by atoms with E-state index in [2.05, 4.69) is 15.9 Å². The highest BCUT2D eigenvalue weighted by molar-refractivity contribution is 9.10. The largest absolute Gasteiger partial charge is 0.466 e. The molecule has 0 spiro atoms. The second-order valence-corrected chi connectivity index (χ2v) is 5.33. The second kappa shape index (κ2) is 5.24. The van der Waals surface area contributed by atoms with Gasteiger partial charge in [0.2, 0.25) is 0 Å². The molecule has 0 amide bonds. The van der Waals surface area contributed by atoms with Gasteiger partial charge in [-0.15, -0.1) is 0 Å². The Morgan fingerprint density at radius 3 is 2.61 bits per heavy atom. The third-order valence-electron chi connectivity index (χ3n) is 2.93. The van der Waals surface area contributed by atoms with Gasteiger partial charge in [0, 0.05) is 16.1 Å². The highest BCUT2D eigenvalue weighted by atomic mass is 79.9. The number of furan rings is 1. The molecule has 0 saturated carbocycles. The van der Waals surface area contributed by atoms with Crippen molar-refractivity contribution in [2.45, 2.75) is 26.3 Å². The van der Waals surface area contributed by atoms with Crippen molar-refractivity contribution in [1.29, 1.82) is 0 Å². The molecule has 0 saturated heterocycles. The van der Waals surface area contributed by atoms with E-state index in [1.165, 1.54) is 6.07 Å². The van der Waals surface area contributed by atoms with Crippen molar-refractivity contribution < 1.29 is 8.81 Å². The lowest BCUT2D eigenvalue weighted by molar-refractivity contribution is 0.496. The van der Waals surface area contributed by atoms with Gasteiger partial charge in [-0.25, -0.2) is 4.39 Å². The highest BCUT2D eigenvalue weighted by Crippen LogP contribution is 2.25. The third kappa shape index (κ3) is 2.82. The number of nitrogens with two attached hydrogens (primary N) is 1. The summed E-state index contributed by atoms with van der Waals surface area (Å²) in [6, 6.07) is 6.69. The molecule has 2 nitrogen and oxygen atoms in total. The average Bonchev–Trinajstić information content (AvgIpc) is 2.62.